The Hall–Kier alpha value is -1.62. The molecule has 23 heavy (non-hydrogen) atoms. The lowest BCUT2D eigenvalue weighted by atomic mass is 9.89. The second-order valence-electron chi connectivity index (χ2n) is 6.74. The Morgan fingerprint density at radius 2 is 1.87 bits per heavy atom. The summed E-state index contributed by atoms with van der Waals surface area (Å²) in [5.41, 5.74) is 2.38. The lowest BCUT2D eigenvalue weighted by molar-refractivity contribution is 0.0599. The molecule has 128 valence electrons. The zero-order chi connectivity index (χ0) is 17.0. The minimum Gasteiger partial charge on any atom is -0.465 e. The fourth-order valence-electron chi connectivity index (χ4n) is 3.64. The molecule has 1 aliphatic carbocycles. The molecule has 1 fully saturated rings. The molecule has 0 saturated heterocycles. The van der Waals surface area contributed by atoms with Crippen molar-refractivity contribution < 1.29 is 14.3 Å². The quantitative estimate of drug-likeness (QED) is 0.646. The Kier molecular flexibility index (Phi) is 5.99. The van der Waals surface area contributed by atoms with Gasteiger partial charge in [-0.15, -0.1) is 0 Å². The minimum absolute atomic E-state index is 0.0269. The fraction of sp³-hybridized carbons (Fsp3) is 0.667. The van der Waals surface area contributed by atoms with Crippen molar-refractivity contribution in [3.63, 3.8) is 0 Å². The van der Waals surface area contributed by atoms with E-state index in [9.17, 15) is 9.59 Å². The molecule has 0 spiro atoms. The third-order valence-corrected chi connectivity index (χ3v) is 4.81. The first kappa shape index (κ1) is 17.7. The lowest BCUT2D eigenvalue weighted by Crippen LogP contribution is -2.32. The van der Waals surface area contributed by atoms with Crippen LogP contribution in [0.2, 0.25) is 0 Å². The van der Waals surface area contributed by atoms with Crippen LogP contribution in [0.15, 0.2) is 0 Å². The van der Waals surface area contributed by atoms with Crippen molar-refractivity contribution in [3.05, 3.63) is 22.5 Å². The van der Waals surface area contributed by atoms with Crippen LogP contribution in [-0.4, -0.2) is 48.9 Å². The van der Waals surface area contributed by atoms with E-state index in [-0.39, 0.29) is 5.78 Å². The van der Waals surface area contributed by atoms with Gasteiger partial charge in [-0.05, 0) is 45.2 Å². The second-order valence-corrected chi connectivity index (χ2v) is 6.74. The van der Waals surface area contributed by atoms with Crippen LogP contribution in [0.5, 0.6) is 0 Å². The molecule has 0 aliphatic heterocycles. The largest absolute Gasteiger partial charge is 0.465 e. The smallest absolute Gasteiger partial charge is 0.339 e. The Labute approximate surface area is 138 Å². The highest BCUT2D eigenvalue weighted by molar-refractivity contribution is 6.02. The Bertz CT molecular complexity index is 571. The van der Waals surface area contributed by atoms with Crippen molar-refractivity contribution in [2.24, 2.45) is 5.92 Å². The number of carbonyl (C=O) groups is 2. The number of rotatable bonds is 6. The van der Waals surface area contributed by atoms with Crippen LogP contribution in [-0.2, 0) is 4.74 Å². The zero-order valence-electron chi connectivity index (χ0n) is 14.7. The van der Waals surface area contributed by atoms with Crippen molar-refractivity contribution in [1.29, 1.82) is 0 Å². The number of Topliss-reactive ketones (excluding diaryl/α,β-unsaturated/α-hetero) is 1. The summed E-state index contributed by atoms with van der Waals surface area (Å²) in [6.45, 7) is 4.93. The molecular weight excluding hydrogens is 292 g/mol. The molecule has 1 aliphatic rings. The molecule has 0 amide bonds. The number of aromatic nitrogens is 1. The van der Waals surface area contributed by atoms with Gasteiger partial charge in [-0.25, -0.2) is 4.79 Å². The first-order valence-electron chi connectivity index (χ1n) is 8.43. The van der Waals surface area contributed by atoms with Gasteiger partial charge < -0.3 is 9.72 Å². The maximum atomic E-state index is 12.6. The summed E-state index contributed by atoms with van der Waals surface area (Å²) >= 11 is 0. The number of aryl methyl sites for hydroxylation is 1. The molecule has 0 aromatic carbocycles. The van der Waals surface area contributed by atoms with Crippen LogP contribution in [0.4, 0.5) is 0 Å². The monoisotopic (exact) mass is 320 g/mol. The number of ether oxygens (including phenoxy) is 1. The number of aromatic amines is 1. The van der Waals surface area contributed by atoms with E-state index < -0.39 is 5.97 Å². The van der Waals surface area contributed by atoms with Crippen LogP contribution in [0.1, 0.15) is 64.2 Å². The standard InChI is InChI=1S/C18H28N2O3/c1-12-16(18(22)23-4)13(2)19-17(12)15(21)11-20(3)10-14-8-6-5-7-9-14/h14,19H,5-11H2,1-4H3. The van der Waals surface area contributed by atoms with E-state index in [0.717, 1.165) is 6.54 Å². The predicted molar refractivity (Wildman–Crippen MR) is 90.0 cm³/mol. The molecule has 1 saturated carbocycles. The van der Waals surface area contributed by atoms with Gasteiger partial charge in [0.25, 0.3) is 0 Å². The van der Waals surface area contributed by atoms with Crippen LogP contribution >= 0.6 is 0 Å². The van der Waals surface area contributed by atoms with Crippen molar-refractivity contribution in [3.8, 4) is 0 Å². The Balaban J connectivity index is 2.01. The number of carbonyl (C=O) groups excluding carboxylic acids is 2. The molecule has 0 unspecified atom stereocenters. The Morgan fingerprint density at radius 1 is 1.22 bits per heavy atom. The first-order valence-corrected chi connectivity index (χ1v) is 8.43. The number of ketones is 1. The van der Waals surface area contributed by atoms with Gasteiger partial charge in [-0.2, -0.15) is 0 Å². The molecule has 2 rings (SSSR count). The van der Waals surface area contributed by atoms with E-state index in [1.807, 2.05) is 7.05 Å². The molecule has 1 aromatic heterocycles. The number of methoxy groups -OCH3 is 1. The molecule has 0 atom stereocenters. The van der Waals surface area contributed by atoms with Crippen LogP contribution in [0.25, 0.3) is 0 Å². The van der Waals surface area contributed by atoms with E-state index in [1.165, 1.54) is 39.2 Å². The van der Waals surface area contributed by atoms with Gasteiger partial charge in [-0.3, -0.25) is 9.69 Å². The highest BCUT2D eigenvalue weighted by Gasteiger charge is 2.23. The van der Waals surface area contributed by atoms with Crippen molar-refractivity contribution in [2.75, 3.05) is 27.2 Å². The summed E-state index contributed by atoms with van der Waals surface area (Å²) in [6.07, 6.45) is 6.50. The third kappa shape index (κ3) is 4.22. The molecule has 0 radical (unpaired) electrons. The van der Waals surface area contributed by atoms with Gasteiger partial charge in [0.2, 0.25) is 0 Å². The molecule has 5 nitrogen and oxygen atoms in total. The summed E-state index contributed by atoms with van der Waals surface area (Å²) in [6, 6.07) is 0. The number of H-pyrrole nitrogens is 1. The minimum atomic E-state index is -0.397. The molecule has 1 heterocycles. The topological polar surface area (TPSA) is 62.4 Å². The number of hydrogen-bond donors (Lipinski definition) is 1. The lowest BCUT2D eigenvalue weighted by Gasteiger charge is -2.26. The number of esters is 1. The molecule has 0 bridgehead atoms. The van der Waals surface area contributed by atoms with Gasteiger partial charge in [0.1, 0.15) is 0 Å². The second kappa shape index (κ2) is 7.77. The van der Waals surface area contributed by atoms with E-state index in [2.05, 4.69) is 9.88 Å². The summed E-state index contributed by atoms with van der Waals surface area (Å²) in [4.78, 5) is 29.5. The van der Waals surface area contributed by atoms with E-state index in [1.54, 1.807) is 13.8 Å². The number of nitrogens with one attached hydrogen (secondary N) is 1. The van der Waals surface area contributed by atoms with Crippen molar-refractivity contribution in [1.82, 2.24) is 9.88 Å². The molecule has 1 aromatic rings. The molecular formula is C18H28N2O3. The van der Waals surface area contributed by atoms with Crippen molar-refractivity contribution >= 4 is 11.8 Å². The van der Waals surface area contributed by atoms with Crippen LogP contribution in [0, 0.1) is 19.8 Å². The van der Waals surface area contributed by atoms with Gasteiger partial charge >= 0.3 is 5.97 Å². The van der Waals surface area contributed by atoms with Crippen LogP contribution < -0.4 is 0 Å². The van der Waals surface area contributed by atoms with Gasteiger partial charge in [0.15, 0.2) is 5.78 Å². The number of nitrogens with zero attached hydrogens (tertiary/aromatic N) is 1. The Morgan fingerprint density at radius 3 is 2.48 bits per heavy atom. The zero-order valence-corrected chi connectivity index (χ0v) is 14.7. The summed E-state index contributed by atoms with van der Waals surface area (Å²) in [5.74, 6) is 0.337. The SMILES string of the molecule is COC(=O)c1c(C)[nH]c(C(=O)CN(C)CC2CCCCC2)c1C. The van der Waals surface area contributed by atoms with E-state index in [0.29, 0.717) is 35.0 Å². The van der Waals surface area contributed by atoms with E-state index in [4.69, 9.17) is 4.74 Å². The van der Waals surface area contributed by atoms with Crippen LogP contribution in [0.3, 0.4) is 0 Å². The molecule has 1 N–H and O–H groups in total. The average Bonchev–Trinajstić information content (AvgIpc) is 2.82. The maximum absolute atomic E-state index is 12.6. The first-order chi connectivity index (χ1) is 10.9. The summed E-state index contributed by atoms with van der Waals surface area (Å²) < 4.78 is 4.79. The third-order valence-electron chi connectivity index (χ3n) is 4.81. The summed E-state index contributed by atoms with van der Waals surface area (Å²) in [7, 11) is 3.35. The number of hydrogen-bond acceptors (Lipinski definition) is 4. The van der Waals surface area contributed by atoms with E-state index >= 15 is 0 Å². The highest BCUT2D eigenvalue weighted by atomic mass is 16.5. The van der Waals surface area contributed by atoms with Crippen molar-refractivity contribution in [2.45, 2.75) is 46.0 Å². The fourth-order valence-corrected chi connectivity index (χ4v) is 3.64. The van der Waals surface area contributed by atoms with Gasteiger partial charge in [0, 0.05) is 12.2 Å². The number of likely N-dealkylation sites (N-methyl/N-ethyl adjacent to an activating group) is 1. The van der Waals surface area contributed by atoms with Gasteiger partial charge in [0.05, 0.1) is 24.9 Å². The normalized spacial score (nSPS) is 15.9. The molecule has 5 heteroatoms. The van der Waals surface area contributed by atoms with Gasteiger partial charge in [-0.1, -0.05) is 19.3 Å². The maximum Gasteiger partial charge on any atom is 0.339 e. The summed E-state index contributed by atoms with van der Waals surface area (Å²) in [5, 5.41) is 0. The predicted octanol–water partition coefficient (Wildman–Crippen LogP) is 3.11. The average molecular weight is 320 g/mol. The highest BCUT2D eigenvalue weighted by Crippen LogP contribution is 2.24.